The standard InChI is InChI=1S/C18H31NO/c1-12-7-8-16(13(2)9-12)17-10-15(17)11-19(14(3)20)18(4,5)6/h7,13,15-17H,8-11H2,1-6H3. The van der Waals surface area contributed by atoms with Gasteiger partial charge in [-0.2, -0.15) is 0 Å². The molecule has 114 valence electrons. The lowest BCUT2D eigenvalue weighted by Gasteiger charge is -2.36. The van der Waals surface area contributed by atoms with Gasteiger partial charge in [0, 0.05) is 19.0 Å². The molecule has 2 aliphatic rings. The first-order valence-electron chi connectivity index (χ1n) is 8.14. The van der Waals surface area contributed by atoms with Gasteiger partial charge in [-0.3, -0.25) is 4.79 Å². The Hall–Kier alpha value is -0.790. The van der Waals surface area contributed by atoms with Gasteiger partial charge < -0.3 is 4.90 Å². The lowest BCUT2D eigenvalue weighted by atomic mass is 9.78. The summed E-state index contributed by atoms with van der Waals surface area (Å²) in [5.41, 5.74) is 1.51. The Kier molecular flexibility index (Phi) is 4.32. The summed E-state index contributed by atoms with van der Waals surface area (Å²) in [6, 6.07) is 0. The number of hydrogen-bond donors (Lipinski definition) is 0. The molecule has 1 fully saturated rings. The van der Waals surface area contributed by atoms with E-state index in [-0.39, 0.29) is 11.4 Å². The van der Waals surface area contributed by atoms with E-state index in [1.54, 1.807) is 12.5 Å². The van der Waals surface area contributed by atoms with Gasteiger partial charge in [-0.05, 0) is 70.6 Å². The van der Waals surface area contributed by atoms with E-state index in [2.05, 4.69) is 45.6 Å². The fourth-order valence-electron chi connectivity index (χ4n) is 4.02. The monoisotopic (exact) mass is 277 g/mol. The van der Waals surface area contributed by atoms with Crippen LogP contribution in [-0.4, -0.2) is 22.9 Å². The maximum Gasteiger partial charge on any atom is 0.219 e. The normalized spacial score (nSPS) is 33.6. The van der Waals surface area contributed by atoms with Crippen molar-refractivity contribution in [2.24, 2.45) is 23.7 Å². The molecular weight excluding hydrogens is 246 g/mol. The number of carbonyl (C=O) groups excluding carboxylic acids is 1. The quantitative estimate of drug-likeness (QED) is 0.706. The molecule has 0 aromatic carbocycles. The van der Waals surface area contributed by atoms with Crippen molar-refractivity contribution in [3.05, 3.63) is 11.6 Å². The molecule has 4 unspecified atom stereocenters. The summed E-state index contributed by atoms with van der Waals surface area (Å²) in [7, 11) is 0. The zero-order valence-corrected chi connectivity index (χ0v) is 14.1. The summed E-state index contributed by atoms with van der Waals surface area (Å²) in [5.74, 6) is 3.46. The molecule has 0 saturated heterocycles. The van der Waals surface area contributed by atoms with Crippen molar-refractivity contribution in [2.45, 2.75) is 66.3 Å². The van der Waals surface area contributed by atoms with Crippen molar-refractivity contribution >= 4 is 5.91 Å². The average Bonchev–Trinajstić information content (AvgIpc) is 3.03. The lowest BCUT2D eigenvalue weighted by molar-refractivity contribution is -0.133. The topological polar surface area (TPSA) is 20.3 Å². The molecular formula is C18H31NO. The fraction of sp³-hybridized carbons (Fsp3) is 0.833. The number of hydrogen-bond acceptors (Lipinski definition) is 1. The summed E-state index contributed by atoms with van der Waals surface area (Å²) in [4.78, 5) is 13.9. The Morgan fingerprint density at radius 3 is 2.50 bits per heavy atom. The Morgan fingerprint density at radius 1 is 1.35 bits per heavy atom. The highest BCUT2D eigenvalue weighted by Crippen LogP contribution is 2.51. The van der Waals surface area contributed by atoms with Crippen LogP contribution in [0.2, 0.25) is 0 Å². The number of nitrogens with zero attached hydrogens (tertiary/aromatic N) is 1. The predicted molar refractivity (Wildman–Crippen MR) is 84.4 cm³/mol. The smallest absolute Gasteiger partial charge is 0.219 e. The maximum atomic E-state index is 11.9. The predicted octanol–water partition coefficient (Wildman–Crippen LogP) is 4.26. The van der Waals surface area contributed by atoms with Gasteiger partial charge in [-0.1, -0.05) is 18.6 Å². The highest BCUT2D eigenvalue weighted by molar-refractivity contribution is 5.74. The van der Waals surface area contributed by atoms with E-state index in [9.17, 15) is 4.79 Å². The Morgan fingerprint density at radius 2 is 2.00 bits per heavy atom. The summed E-state index contributed by atoms with van der Waals surface area (Å²) in [6.45, 7) is 13.7. The number of amides is 1. The molecule has 0 aromatic heterocycles. The van der Waals surface area contributed by atoms with Gasteiger partial charge in [0.2, 0.25) is 5.91 Å². The lowest BCUT2D eigenvalue weighted by Crippen LogP contribution is -2.45. The molecule has 0 radical (unpaired) electrons. The van der Waals surface area contributed by atoms with E-state index in [1.807, 2.05) is 0 Å². The van der Waals surface area contributed by atoms with Crippen molar-refractivity contribution in [1.29, 1.82) is 0 Å². The van der Waals surface area contributed by atoms with Crippen LogP contribution < -0.4 is 0 Å². The van der Waals surface area contributed by atoms with Crippen LogP contribution in [0.4, 0.5) is 0 Å². The Bertz CT molecular complexity index is 404. The zero-order valence-electron chi connectivity index (χ0n) is 14.1. The highest BCUT2D eigenvalue weighted by atomic mass is 16.2. The molecule has 4 atom stereocenters. The molecule has 0 aromatic rings. The molecule has 0 aliphatic heterocycles. The molecule has 2 aliphatic carbocycles. The molecule has 2 heteroatoms. The van der Waals surface area contributed by atoms with E-state index in [4.69, 9.17) is 0 Å². The van der Waals surface area contributed by atoms with Crippen LogP contribution in [0.15, 0.2) is 11.6 Å². The molecule has 2 nitrogen and oxygen atoms in total. The molecule has 2 rings (SSSR count). The van der Waals surface area contributed by atoms with Crippen LogP contribution >= 0.6 is 0 Å². The van der Waals surface area contributed by atoms with E-state index in [0.29, 0.717) is 0 Å². The molecule has 1 amide bonds. The van der Waals surface area contributed by atoms with Crippen LogP contribution in [0.25, 0.3) is 0 Å². The second kappa shape index (κ2) is 5.54. The third kappa shape index (κ3) is 3.45. The molecule has 0 bridgehead atoms. The van der Waals surface area contributed by atoms with Gasteiger partial charge >= 0.3 is 0 Å². The van der Waals surface area contributed by atoms with Gasteiger partial charge in [0.25, 0.3) is 0 Å². The van der Waals surface area contributed by atoms with Crippen molar-refractivity contribution in [3.8, 4) is 0 Å². The van der Waals surface area contributed by atoms with E-state index < -0.39 is 0 Å². The average molecular weight is 277 g/mol. The van der Waals surface area contributed by atoms with Gasteiger partial charge in [0.05, 0.1) is 0 Å². The number of carbonyl (C=O) groups is 1. The van der Waals surface area contributed by atoms with Gasteiger partial charge in [0.1, 0.15) is 0 Å². The van der Waals surface area contributed by atoms with Crippen molar-refractivity contribution < 1.29 is 4.79 Å². The first kappa shape index (κ1) is 15.6. The Balaban J connectivity index is 1.93. The van der Waals surface area contributed by atoms with Crippen molar-refractivity contribution in [1.82, 2.24) is 4.90 Å². The molecule has 0 heterocycles. The van der Waals surface area contributed by atoms with E-state index in [1.165, 1.54) is 19.3 Å². The minimum Gasteiger partial charge on any atom is -0.338 e. The van der Waals surface area contributed by atoms with Crippen molar-refractivity contribution in [2.75, 3.05) is 6.54 Å². The largest absolute Gasteiger partial charge is 0.338 e. The van der Waals surface area contributed by atoms with Crippen LogP contribution in [0.5, 0.6) is 0 Å². The van der Waals surface area contributed by atoms with Gasteiger partial charge in [-0.25, -0.2) is 0 Å². The minimum atomic E-state index is -0.0480. The minimum absolute atomic E-state index is 0.0480. The Labute approximate surface area is 124 Å². The molecule has 0 N–H and O–H groups in total. The fourth-order valence-corrected chi connectivity index (χ4v) is 4.02. The van der Waals surface area contributed by atoms with E-state index >= 15 is 0 Å². The summed E-state index contributed by atoms with van der Waals surface area (Å²) in [5, 5.41) is 0. The van der Waals surface area contributed by atoms with E-state index in [0.717, 1.165) is 30.2 Å². The summed E-state index contributed by atoms with van der Waals surface area (Å²) in [6.07, 6.45) is 6.28. The van der Waals surface area contributed by atoms with Crippen LogP contribution in [0.1, 0.15) is 60.8 Å². The number of rotatable bonds is 3. The van der Waals surface area contributed by atoms with Crippen LogP contribution in [0.3, 0.4) is 0 Å². The zero-order chi connectivity index (χ0) is 15.1. The molecule has 0 spiro atoms. The summed E-state index contributed by atoms with van der Waals surface area (Å²) < 4.78 is 0. The van der Waals surface area contributed by atoms with Crippen LogP contribution in [-0.2, 0) is 4.79 Å². The second-order valence-electron chi connectivity index (χ2n) is 8.09. The van der Waals surface area contributed by atoms with Gasteiger partial charge in [-0.15, -0.1) is 0 Å². The third-order valence-corrected chi connectivity index (χ3v) is 5.25. The van der Waals surface area contributed by atoms with Crippen LogP contribution in [0, 0.1) is 23.7 Å². The molecule has 1 saturated carbocycles. The molecule has 20 heavy (non-hydrogen) atoms. The summed E-state index contributed by atoms with van der Waals surface area (Å²) >= 11 is 0. The maximum absolute atomic E-state index is 11.9. The first-order valence-corrected chi connectivity index (χ1v) is 8.14. The van der Waals surface area contributed by atoms with Gasteiger partial charge in [0.15, 0.2) is 0 Å². The van der Waals surface area contributed by atoms with Crippen molar-refractivity contribution in [3.63, 3.8) is 0 Å². The number of allylic oxidation sites excluding steroid dienone is 2. The third-order valence-electron chi connectivity index (χ3n) is 5.25. The second-order valence-corrected chi connectivity index (χ2v) is 8.09. The SMILES string of the molecule is CC(=O)N(CC1CC1C1CC=C(C)CC1C)C(C)(C)C. The highest BCUT2D eigenvalue weighted by Gasteiger charge is 2.46. The first-order chi connectivity index (χ1) is 9.20.